The molecule has 0 spiro atoms. The van der Waals surface area contributed by atoms with Gasteiger partial charge in [-0.2, -0.15) is 0 Å². The zero-order chi connectivity index (χ0) is 14.4. The van der Waals surface area contributed by atoms with Crippen LogP contribution in [0.2, 0.25) is 5.02 Å². The second kappa shape index (κ2) is 7.65. The molecule has 0 heterocycles. The maximum atomic E-state index is 11.7. The van der Waals surface area contributed by atoms with Gasteiger partial charge in [0.05, 0.1) is 6.10 Å². The van der Waals surface area contributed by atoms with Crippen LogP contribution in [-0.4, -0.2) is 23.7 Å². The van der Waals surface area contributed by atoms with E-state index in [1.165, 1.54) is 5.56 Å². The Morgan fingerprint density at radius 1 is 1.30 bits per heavy atom. The largest absolute Gasteiger partial charge is 0.393 e. The summed E-state index contributed by atoms with van der Waals surface area (Å²) >= 11 is 5.83. The molecule has 110 valence electrons. The number of nitrogens with one attached hydrogen (secondary N) is 1. The third-order valence-electron chi connectivity index (χ3n) is 3.96. The van der Waals surface area contributed by atoms with Crippen molar-refractivity contribution in [2.75, 3.05) is 6.54 Å². The molecule has 4 heteroatoms. The maximum Gasteiger partial charge on any atom is 0.220 e. The second-order valence-electron chi connectivity index (χ2n) is 5.54. The number of benzene rings is 1. The number of aryl methyl sites for hydroxylation is 1. The first kappa shape index (κ1) is 15.3. The Hall–Kier alpha value is -1.06. The van der Waals surface area contributed by atoms with Crippen molar-refractivity contribution in [2.24, 2.45) is 5.92 Å². The van der Waals surface area contributed by atoms with E-state index < -0.39 is 0 Å². The zero-order valence-corrected chi connectivity index (χ0v) is 12.4. The van der Waals surface area contributed by atoms with Crippen LogP contribution in [0.25, 0.3) is 0 Å². The fraction of sp³-hybridized carbons (Fsp3) is 0.562. The average molecular weight is 296 g/mol. The highest BCUT2D eigenvalue weighted by molar-refractivity contribution is 6.30. The predicted molar refractivity (Wildman–Crippen MR) is 80.7 cm³/mol. The normalized spacial score (nSPS) is 21.9. The molecule has 1 amide bonds. The van der Waals surface area contributed by atoms with Gasteiger partial charge in [-0.1, -0.05) is 30.2 Å². The highest BCUT2D eigenvalue weighted by atomic mass is 35.5. The van der Waals surface area contributed by atoms with Crippen LogP contribution in [0, 0.1) is 5.92 Å². The maximum absolute atomic E-state index is 11.7. The molecular formula is C16H22ClNO2. The highest BCUT2D eigenvalue weighted by Gasteiger charge is 2.25. The van der Waals surface area contributed by atoms with E-state index in [1.807, 2.05) is 24.3 Å². The number of aliphatic hydroxyl groups excluding tert-OH is 1. The van der Waals surface area contributed by atoms with Gasteiger partial charge in [-0.25, -0.2) is 0 Å². The minimum atomic E-state index is -0.232. The molecule has 0 bridgehead atoms. The van der Waals surface area contributed by atoms with Gasteiger partial charge in [0.25, 0.3) is 0 Å². The molecule has 1 aliphatic rings. The topological polar surface area (TPSA) is 49.3 Å². The summed E-state index contributed by atoms with van der Waals surface area (Å²) in [4.78, 5) is 11.7. The summed E-state index contributed by atoms with van der Waals surface area (Å²) in [5.41, 5.74) is 1.20. The fourth-order valence-electron chi connectivity index (χ4n) is 2.69. The Morgan fingerprint density at radius 2 is 2.05 bits per heavy atom. The van der Waals surface area contributed by atoms with E-state index >= 15 is 0 Å². The summed E-state index contributed by atoms with van der Waals surface area (Å²) in [5.74, 6) is 0.327. The van der Waals surface area contributed by atoms with Crippen molar-refractivity contribution in [1.82, 2.24) is 5.32 Å². The van der Waals surface area contributed by atoms with E-state index in [4.69, 9.17) is 11.6 Å². The van der Waals surface area contributed by atoms with Gasteiger partial charge in [-0.15, -0.1) is 0 Å². The van der Waals surface area contributed by atoms with E-state index in [0.29, 0.717) is 13.0 Å². The smallest absolute Gasteiger partial charge is 0.220 e. The Balaban J connectivity index is 1.61. The number of aliphatic hydroxyl groups is 1. The Labute approximate surface area is 125 Å². The average Bonchev–Trinajstić information content (AvgIpc) is 2.84. The molecule has 0 radical (unpaired) electrons. The third-order valence-corrected chi connectivity index (χ3v) is 4.21. The molecule has 2 atom stereocenters. The van der Waals surface area contributed by atoms with Crippen molar-refractivity contribution in [3.05, 3.63) is 34.9 Å². The number of amides is 1. The summed E-state index contributed by atoms with van der Waals surface area (Å²) < 4.78 is 0. The fourth-order valence-corrected chi connectivity index (χ4v) is 2.82. The van der Waals surface area contributed by atoms with Gasteiger partial charge in [0.15, 0.2) is 0 Å². The van der Waals surface area contributed by atoms with Gasteiger partial charge in [0, 0.05) is 23.9 Å². The van der Waals surface area contributed by atoms with Crippen LogP contribution < -0.4 is 5.32 Å². The van der Waals surface area contributed by atoms with Crippen molar-refractivity contribution in [3.8, 4) is 0 Å². The van der Waals surface area contributed by atoms with Crippen LogP contribution >= 0.6 is 11.6 Å². The van der Waals surface area contributed by atoms with Crippen LogP contribution in [0.15, 0.2) is 24.3 Å². The van der Waals surface area contributed by atoms with E-state index in [-0.39, 0.29) is 17.9 Å². The Bertz CT molecular complexity index is 433. The van der Waals surface area contributed by atoms with Crippen molar-refractivity contribution < 1.29 is 9.90 Å². The van der Waals surface area contributed by atoms with Crippen LogP contribution in [0.4, 0.5) is 0 Å². The van der Waals surface area contributed by atoms with E-state index in [1.54, 1.807) is 0 Å². The summed E-state index contributed by atoms with van der Waals surface area (Å²) in [6.07, 6.45) is 4.98. The van der Waals surface area contributed by atoms with Gasteiger partial charge in [0.1, 0.15) is 0 Å². The van der Waals surface area contributed by atoms with Crippen molar-refractivity contribution in [1.29, 1.82) is 0 Å². The number of hydrogen-bond donors (Lipinski definition) is 2. The van der Waals surface area contributed by atoms with Crippen LogP contribution in [0.3, 0.4) is 0 Å². The van der Waals surface area contributed by atoms with Gasteiger partial charge < -0.3 is 10.4 Å². The van der Waals surface area contributed by atoms with E-state index in [9.17, 15) is 9.90 Å². The highest BCUT2D eigenvalue weighted by Crippen LogP contribution is 2.24. The lowest BCUT2D eigenvalue weighted by molar-refractivity contribution is -0.121. The molecule has 3 nitrogen and oxygen atoms in total. The molecule has 0 unspecified atom stereocenters. The quantitative estimate of drug-likeness (QED) is 0.848. The first-order valence-corrected chi connectivity index (χ1v) is 7.72. The Kier molecular flexibility index (Phi) is 5.86. The first-order valence-electron chi connectivity index (χ1n) is 7.34. The summed E-state index contributed by atoms with van der Waals surface area (Å²) in [7, 11) is 0. The molecule has 1 saturated carbocycles. The number of rotatable bonds is 6. The number of hydrogen-bond acceptors (Lipinski definition) is 2. The van der Waals surface area contributed by atoms with Crippen LogP contribution in [0.1, 0.15) is 37.7 Å². The van der Waals surface area contributed by atoms with Crippen LogP contribution in [0.5, 0.6) is 0 Å². The van der Waals surface area contributed by atoms with E-state index in [0.717, 1.165) is 37.1 Å². The van der Waals surface area contributed by atoms with Crippen LogP contribution in [-0.2, 0) is 11.2 Å². The molecule has 0 aliphatic heterocycles. The third kappa shape index (κ3) is 4.80. The molecule has 1 aliphatic carbocycles. The Morgan fingerprint density at radius 3 is 2.70 bits per heavy atom. The SMILES string of the molecule is O=C(CCCc1ccc(Cl)cc1)NC[C@H]1CCC[C@H]1O. The minimum Gasteiger partial charge on any atom is -0.393 e. The first-order chi connectivity index (χ1) is 9.65. The summed E-state index contributed by atoms with van der Waals surface area (Å²) in [6, 6.07) is 7.74. The van der Waals surface area contributed by atoms with Gasteiger partial charge in [-0.05, 0) is 43.4 Å². The molecule has 1 aromatic rings. The molecule has 0 saturated heterocycles. The van der Waals surface area contributed by atoms with Gasteiger partial charge >= 0.3 is 0 Å². The van der Waals surface area contributed by atoms with Crippen molar-refractivity contribution in [3.63, 3.8) is 0 Å². The number of carbonyl (C=O) groups is 1. The minimum absolute atomic E-state index is 0.0815. The summed E-state index contributed by atoms with van der Waals surface area (Å²) in [5, 5.41) is 13.4. The van der Waals surface area contributed by atoms with Gasteiger partial charge in [0.2, 0.25) is 5.91 Å². The van der Waals surface area contributed by atoms with E-state index in [2.05, 4.69) is 5.32 Å². The molecule has 1 fully saturated rings. The predicted octanol–water partition coefficient (Wildman–Crippen LogP) is 2.94. The molecule has 2 N–H and O–H groups in total. The second-order valence-corrected chi connectivity index (χ2v) is 5.98. The standard InChI is InChI=1S/C16H22ClNO2/c17-14-9-7-12(8-10-14)3-1-6-16(20)18-11-13-4-2-5-15(13)19/h7-10,13,15,19H,1-6,11H2,(H,18,20)/t13-,15-/m1/s1. The van der Waals surface area contributed by atoms with Crippen molar-refractivity contribution >= 4 is 17.5 Å². The monoisotopic (exact) mass is 295 g/mol. The number of halogens is 1. The lowest BCUT2D eigenvalue weighted by atomic mass is 10.1. The molecule has 2 rings (SSSR count). The van der Waals surface area contributed by atoms with Crippen molar-refractivity contribution in [2.45, 2.75) is 44.6 Å². The summed E-state index contributed by atoms with van der Waals surface area (Å²) in [6.45, 7) is 0.612. The molecular weight excluding hydrogens is 274 g/mol. The van der Waals surface area contributed by atoms with Gasteiger partial charge in [-0.3, -0.25) is 4.79 Å². The molecule has 20 heavy (non-hydrogen) atoms. The molecule has 1 aromatic carbocycles. The lowest BCUT2D eigenvalue weighted by Gasteiger charge is -2.14. The zero-order valence-electron chi connectivity index (χ0n) is 11.6. The molecule has 0 aromatic heterocycles. The number of carbonyl (C=O) groups excluding carboxylic acids is 1. The lowest BCUT2D eigenvalue weighted by Crippen LogP contribution is -2.32.